The minimum Gasteiger partial charge on any atom is -0.346 e. The quantitative estimate of drug-likeness (QED) is 0.800. The van der Waals surface area contributed by atoms with Crippen LogP contribution in [0.25, 0.3) is 5.65 Å². The number of aryl methyl sites for hydroxylation is 1. The fraction of sp³-hybridized carbons (Fsp3) is 0.214. The van der Waals surface area contributed by atoms with E-state index in [0.717, 1.165) is 22.6 Å². The average molecular weight is 286 g/mol. The highest BCUT2D eigenvalue weighted by Gasteiger charge is 2.09. The van der Waals surface area contributed by atoms with Crippen LogP contribution in [0, 0.1) is 0 Å². The normalized spacial score (nSPS) is 10.8. The van der Waals surface area contributed by atoms with E-state index in [9.17, 15) is 4.79 Å². The minimum atomic E-state index is -0.0492. The molecule has 0 aliphatic rings. The van der Waals surface area contributed by atoms with Crippen molar-refractivity contribution in [2.75, 3.05) is 0 Å². The van der Waals surface area contributed by atoms with Gasteiger partial charge in [-0.3, -0.25) is 4.79 Å². The Morgan fingerprint density at radius 1 is 1.35 bits per heavy atom. The molecule has 0 saturated heterocycles. The molecule has 0 atom stereocenters. The largest absolute Gasteiger partial charge is 0.346 e. The van der Waals surface area contributed by atoms with Crippen LogP contribution in [0.3, 0.4) is 0 Å². The molecule has 0 aliphatic heterocycles. The van der Waals surface area contributed by atoms with Crippen LogP contribution in [0.4, 0.5) is 0 Å². The second-order valence-electron chi connectivity index (χ2n) is 4.35. The van der Waals surface area contributed by atoms with E-state index in [4.69, 9.17) is 0 Å². The number of nitrogens with zero attached hydrogens (tertiary/aromatic N) is 3. The summed E-state index contributed by atoms with van der Waals surface area (Å²) < 4.78 is 1.73. The number of thiophene rings is 1. The van der Waals surface area contributed by atoms with Crippen molar-refractivity contribution in [3.63, 3.8) is 0 Å². The van der Waals surface area contributed by atoms with Crippen LogP contribution in [0.1, 0.15) is 27.2 Å². The van der Waals surface area contributed by atoms with Gasteiger partial charge < -0.3 is 5.32 Å². The number of hydrogen-bond acceptors (Lipinski definition) is 4. The summed E-state index contributed by atoms with van der Waals surface area (Å²) in [6.07, 6.45) is 2.46. The van der Waals surface area contributed by atoms with Gasteiger partial charge in [0, 0.05) is 4.88 Å². The number of nitrogens with one attached hydrogen (secondary N) is 1. The first-order chi connectivity index (χ1) is 9.78. The molecule has 3 heterocycles. The topological polar surface area (TPSA) is 59.3 Å². The number of amides is 1. The Balaban J connectivity index is 1.73. The zero-order valence-corrected chi connectivity index (χ0v) is 11.9. The number of hydrogen-bond donors (Lipinski definition) is 1. The molecule has 0 fully saturated rings. The van der Waals surface area contributed by atoms with E-state index in [1.165, 1.54) is 22.5 Å². The fourth-order valence-electron chi connectivity index (χ4n) is 1.98. The Morgan fingerprint density at radius 3 is 3.05 bits per heavy atom. The van der Waals surface area contributed by atoms with Gasteiger partial charge in [0.05, 0.1) is 17.1 Å². The summed E-state index contributed by atoms with van der Waals surface area (Å²) in [5, 5.41) is 7.06. The standard InChI is InChI=1S/C14H14N4OS/c1-2-11-6-7-12(20-11)14(19)15-8-10-4-3-5-13-16-9-17-18(10)13/h3-7,9H,2,8H2,1H3,(H,15,19). The molecule has 3 rings (SSSR count). The Bertz CT molecular complexity index is 746. The number of carbonyl (C=O) groups is 1. The monoisotopic (exact) mass is 286 g/mol. The molecule has 0 aliphatic carbocycles. The summed E-state index contributed by atoms with van der Waals surface area (Å²) in [4.78, 5) is 18.2. The Morgan fingerprint density at radius 2 is 2.25 bits per heavy atom. The number of carbonyl (C=O) groups excluding carboxylic acids is 1. The van der Waals surface area contributed by atoms with Crippen LogP contribution >= 0.6 is 11.3 Å². The molecule has 0 radical (unpaired) electrons. The molecule has 102 valence electrons. The first-order valence-corrected chi connectivity index (χ1v) is 7.24. The summed E-state index contributed by atoms with van der Waals surface area (Å²) in [5.74, 6) is -0.0492. The maximum absolute atomic E-state index is 12.1. The van der Waals surface area contributed by atoms with Crippen molar-refractivity contribution in [1.82, 2.24) is 19.9 Å². The van der Waals surface area contributed by atoms with Crippen molar-refractivity contribution in [3.05, 3.63) is 52.1 Å². The number of pyridine rings is 1. The summed E-state index contributed by atoms with van der Waals surface area (Å²) in [7, 11) is 0. The molecular weight excluding hydrogens is 272 g/mol. The third-order valence-electron chi connectivity index (χ3n) is 3.04. The van der Waals surface area contributed by atoms with Gasteiger partial charge in [0.25, 0.3) is 5.91 Å². The molecule has 3 aromatic heterocycles. The molecule has 0 bridgehead atoms. The molecule has 20 heavy (non-hydrogen) atoms. The lowest BCUT2D eigenvalue weighted by molar-refractivity contribution is 0.0954. The van der Waals surface area contributed by atoms with E-state index >= 15 is 0 Å². The van der Waals surface area contributed by atoms with Crippen LogP contribution in [-0.2, 0) is 13.0 Å². The summed E-state index contributed by atoms with van der Waals surface area (Å²) in [5.41, 5.74) is 1.68. The van der Waals surface area contributed by atoms with Crippen molar-refractivity contribution in [3.8, 4) is 0 Å². The van der Waals surface area contributed by atoms with E-state index in [-0.39, 0.29) is 5.91 Å². The minimum absolute atomic E-state index is 0.0492. The maximum atomic E-state index is 12.1. The molecule has 0 saturated carbocycles. The van der Waals surface area contributed by atoms with Gasteiger partial charge >= 0.3 is 0 Å². The van der Waals surface area contributed by atoms with Crippen LogP contribution in [0.2, 0.25) is 0 Å². The van der Waals surface area contributed by atoms with Gasteiger partial charge in [0.2, 0.25) is 0 Å². The van der Waals surface area contributed by atoms with E-state index in [1.807, 2.05) is 30.3 Å². The Hall–Kier alpha value is -2.21. The molecule has 5 nitrogen and oxygen atoms in total. The van der Waals surface area contributed by atoms with Gasteiger partial charge in [0.15, 0.2) is 5.65 Å². The number of fused-ring (bicyclic) bond motifs is 1. The molecule has 3 aromatic rings. The van der Waals surface area contributed by atoms with Gasteiger partial charge in [-0.25, -0.2) is 9.50 Å². The van der Waals surface area contributed by atoms with Crippen molar-refractivity contribution in [2.24, 2.45) is 0 Å². The number of rotatable bonds is 4. The predicted molar refractivity (Wildman–Crippen MR) is 77.9 cm³/mol. The second kappa shape index (κ2) is 5.42. The fourth-order valence-corrected chi connectivity index (χ4v) is 2.85. The van der Waals surface area contributed by atoms with Gasteiger partial charge in [-0.05, 0) is 30.7 Å². The van der Waals surface area contributed by atoms with E-state index in [1.54, 1.807) is 4.52 Å². The van der Waals surface area contributed by atoms with E-state index < -0.39 is 0 Å². The summed E-state index contributed by atoms with van der Waals surface area (Å²) in [6, 6.07) is 9.58. The van der Waals surface area contributed by atoms with Crippen molar-refractivity contribution < 1.29 is 4.79 Å². The van der Waals surface area contributed by atoms with Gasteiger partial charge in [-0.2, -0.15) is 5.10 Å². The van der Waals surface area contributed by atoms with Crippen LogP contribution in [0.15, 0.2) is 36.7 Å². The van der Waals surface area contributed by atoms with Crippen molar-refractivity contribution in [1.29, 1.82) is 0 Å². The predicted octanol–water partition coefficient (Wildman–Crippen LogP) is 2.28. The molecule has 1 N–H and O–H groups in total. The van der Waals surface area contributed by atoms with Crippen molar-refractivity contribution in [2.45, 2.75) is 19.9 Å². The summed E-state index contributed by atoms with van der Waals surface area (Å²) in [6.45, 7) is 2.51. The first-order valence-electron chi connectivity index (χ1n) is 6.42. The summed E-state index contributed by atoms with van der Waals surface area (Å²) >= 11 is 1.53. The molecule has 0 aromatic carbocycles. The highest BCUT2D eigenvalue weighted by molar-refractivity contribution is 7.14. The molecular formula is C14H14N4OS. The second-order valence-corrected chi connectivity index (χ2v) is 5.52. The number of aromatic nitrogens is 3. The zero-order chi connectivity index (χ0) is 13.9. The third kappa shape index (κ3) is 2.42. The SMILES string of the molecule is CCc1ccc(C(=O)NCc2cccc3ncnn23)s1. The highest BCUT2D eigenvalue weighted by atomic mass is 32.1. The Kier molecular flexibility index (Phi) is 3.47. The molecule has 1 amide bonds. The lowest BCUT2D eigenvalue weighted by Crippen LogP contribution is -2.23. The Labute approximate surface area is 120 Å². The smallest absolute Gasteiger partial charge is 0.261 e. The maximum Gasteiger partial charge on any atom is 0.261 e. The lowest BCUT2D eigenvalue weighted by atomic mass is 10.3. The lowest BCUT2D eigenvalue weighted by Gasteiger charge is -2.05. The molecule has 6 heteroatoms. The first kappa shape index (κ1) is 12.8. The highest BCUT2D eigenvalue weighted by Crippen LogP contribution is 2.16. The van der Waals surface area contributed by atoms with E-state index in [2.05, 4.69) is 22.3 Å². The van der Waals surface area contributed by atoms with E-state index in [0.29, 0.717) is 6.54 Å². The molecule has 0 unspecified atom stereocenters. The third-order valence-corrected chi connectivity index (χ3v) is 4.27. The van der Waals surface area contributed by atoms with Crippen molar-refractivity contribution >= 4 is 22.9 Å². The van der Waals surface area contributed by atoms with Crippen LogP contribution < -0.4 is 5.32 Å². The average Bonchev–Trinajstić information content (AvgIpc) is 3.13. The van der Waals surface area contributed by atoms with Crippen LogP contribution in [0.5, 0.6) is 0 Å². The van der Waals surface area contributed by atoms with Gasteiger partial charge in [-0.15, -0.1) is 11.3 Å². The molecule has 0 spiro atoms. The van der Waals surface area contributed by atoms with Gasteiger partial charge in [-0.1, -0.05) is 13.0 Å². The zero-order valence-electron chi connectivity index (χ0n) is 11.0. The van der Waals surface area contributed by atoms with Gasteiger partial charge in [0.1, 0.15) is 6.33 Å². The van der Waals surface area contributed by atoms with Crippen LogP contribution in [-0.4, -0.2) is 20.5 Å².